The SMILES string of the molecule is C=C1C=C(CCC2CCCC2)c2c([nH]c(=O)n(C3CCC3)c2=O)O1. The van der Waals surface area contributed by atoms with Crippen LogP contribution in [-0.2, 0) is 0 Å². The molecule has 24 heavy (non-hydrogen) atoms. The molecule has 128 valence electrons. The van der Waals surface area contributed by atoms with E-state index in [1.165, 1.54) is 30.3 Å². The van der Waals surface area contributed by atoms with Crippen molar-refractivity contribution >= 4 is 5.57 Å². The topological polar surface area (TPSA) is 64.1 Å². The molecule has 2 saturated carbocycles. The molecule has 0 unspecified atom stereocenters. The van der Waals surface area contributed by atoms with E-state index in [2.05, 4.69) is 11.6 Å². The first-order valence-electron chi connectivity index (χ1n) is 9.10. The molecule has 2 heterocycles. The monoisotopic (exact) mass is 328 g/mol. The molecule has 1 aromatic rings. The van der Waals surface area contributed by atoms with Crippen molar-refractivity contribution in [3.8, 4) is 5.88 Å². The molecule has 0 saturated heterocycles. The van der Waals surface area contributed by atoms with Crippen LogP contribution in [0.25, 0.3) is 5.57 Å². The predicted molar refractivity (Wildman–Crippen MR) is 93.1 cm³/mol. The molecule has 2 aliphatic carbocycles. The van der Waals surface area contributed by atoms with Crippen LogP contribution in [0, 0.1) is 5.92 Å². The van der Waals surface area contributed by atoms with Gasteiger partial charge in [0.05, 0.1) is 0 Å². The molecule has 1 aromatic heterocycles. The lowest BCUT2D eigenvalue weighted by molar-refractivity contribution is 0.291. The van der Waals surface area contributed by atoms with E-state index in [-0.39, 0.29) is 23.2 Å². The number of rotatable bonds is 4. The summed E-state index contributed by atoms with van der Waals surface area (Å²) in [5.74, 6) is 1.51. The Kier molecular flexibility index (Phi) is 3.94. The molecular formula is C19H24N2O3. The van der Waals surface area contributed by atoms with Crippen LogP contribution in [0.15, 0.2) is 28.0 Å². The normalized spacial score (nSPS) is 21.2. The number of fused-ring (bicyclic) bond motifs is 1. The zero-order chi connectivity index (χ0) is 16.7. The predicted octanol–water partition coefficient (Wildman–Crippen LogP) is 3.52. The van der Waals surface area contributed by atoms with Gasteiger partial charge in [0, 0.05) is 6.04 Å². The summed E-state index contributed by atoms with van der Waals surface area (Å²) >= 11 is 0. The Morgan fingerprint density at radius 1 is 1.17 bits per heavy atom. The molecule has 2 fully saturated rings. The lowest BCUT2D eigenvalue weighted by Gasteiger charge is -2.28. The van der Waals surface area contributed by atoms with Gasteiger partial charge in [-0.15, -0.1) is 0 Å². The smallest absolute Gasteiger partial charge is 0.331 e. The Hall–Kier alpha value is -2.04. The van der Waals surface area contributed by atoms with Gasteiger partial charge >= 0.3 is 5.69 Å². The first-order chi connectivity index (χ1) is 11.6. The summed E-state index contributed by atoms with van der Waals surface area (Å²) in [4.78, 5) is 28.0. The Labute approximate surface area is 141 Å². The first kappa shape index (κ1) is 15.5. The quantitative estimate of drug-likeness (QED) is 0.920. The highest BCUT2D eigenvalue weighted by molar-refractivity contribution is 5.72. The van der Waals surface area contributed by atoms with Crippen molar-refractivity contribution < 1.29 is 4.74 Å². The maximum Gasteiger partial charge on any atom is 0.331 e. The summed E-state index contributed by atoms with van der Waals surface area (Å²) in [6, 6.07) is 0.0350. The minimum absolute atomic E-state index is 0.0350. The van der Waals surface area contributed by atoms with E-state index >= 15 is 0 Å². The Balaban J connectivity index is 1.70. The second-order valence-electron chi connectivity index (χ2n) is 7.32. The third kappa shape index (κ3) is 2.66. The van der Waals surface area contributed by atoms with Gasteiger partial charge in [0.25, 0.3) is 5.56 Å². The first-order valence-corrected chi connectivity index (χ1v) is 9.10. The molecule has 4 rings (SSSR count). The zero-order valence-corrected chi connectivity index (χ0v) is 14.0. The fourth-order valence-corrected chi connectivity index (χ4v) is 4.15. The number of allylic oxidation sites excluding steroid dienone is 2. The number of aromatic amines is 1. The number of ether oxygens (including phenoxy) is 1. The van der Waals surface area contributed by atoms with Crippen molar-refractivity contribution in [1.29, 1.82) is 0 Å². The molecule has 1 N–H and O–H groups in total. The van der Waals surface area contributed by atoms with Gasteiger partial charge in [0.2, 0.25) is 5.88 Å². The second-order valence-corrected chi connectivity index (χ2v) is 7.32. The van der Waals surface area contributed by atoms with Gasteiger partial charge in [-0.1, -0.05) is 32.3 Å². The van der Waals surface area contributed by atoms with Crippen LogP contribution in [0.1, 0.15) is 69.4 Å². The van der Waals surface area contributed by atoms with Gasteiger partial charge in [0.1, 0.15) is 11.3 Å². The van der Waals surface area contributed by atoms with Crippen molar-refractivity contribution in [3.63, 3.8) is 0 Å². The summed E-state index contributed by atoms with van der Waals surface area (Å²) in [5.41, 5.74) is 0.922. The molecule has 1 aliphatic heterocycles. The number of nitrogens with zero attached hydrogens (tertiary/aromatic N) is 1. The van der Waals surface area contributed by atoms with Crippen LogP contribution in [0.2, 0.25) is 0 Å². The van der Waals surface area contributed by atoms with Crippen LogP contribution in [0.4, 0.5) is 0 Å². The molecule has 0 radical (unpaired) electrons. The highest BCUT2D eigenvalue weighted by Gasteiger charge is 2.29. The molecule has 0 atom stereocenters. The molecule has 0 spiro atoms. The van der Waals surface area contributed by atoms with Crippen molar-refractivity contribution in [2.75, 3.05) is 0 Å². The standard InChI is InChI=1S/C19H24N2O3/c1-12-11-14(10-9-13-5-2-3-6-13)16-17(24-12)20-19(23)21(18(16)22)15-7-4-8-15/h11,13,15H,1-10H2,(H,20,23). The van der Waals surface area contributed by atoms with Crippen LogP contribution in [0.5, 0.6) is 5.88 Å². The number of nitrogens with one attached hydrogen (secondary N) is 1. The molecule has 0 aromatic carbocycles. The van der Waals surface area contributed by atoms with Crippen molar-refractivity contribution in [2.24, 2.45) is 5.92 Å². The van der Waals surface area contributed by atoms with Crippen LogP contribution >= 0.6 is 0 Å². The zero-order valence-electron chi connectivity index (χ0n) is 14.0. The third-order valence-electron chi connectivity index (χ3n) is 5.72. The van der Waals surface area contributed by atoms with Crippen molar-refractivity contribution in [3.05, 3.63) is 44.8 Å². The largest absolute Gasteiger partial charge is 0.441 e. The van der Waals surface area contributed by atoms with E-state index in [0.717, 1.165) is 43.6 Å². The summed E-state index contributed by atoms with van der Waals surface area (Å²) < 4.78 is 6.93. The molecule has 0 amide bonds. The Morgan fingerprint density at radius 3 is 2.58 bits per heavy atom. The molecular weight excluding hydrogens is 304 g/mol. The van der Waals surface area contributed by atoms with Gasteiger partial charge in [0.15, 0.2) is 0 Å². The minimum atomic E-state index is -0.367. The minimum Gasteiger partial charge on any atom is -0.441 e. The number of H-pyrrole nitrogens is 1. The fraction of sp³-hybridized carbons (Fsp3) is 0.579. The van der Waals surface area contributed by atoms with Gasteiger partial charge in [-0.3, -0.25) is 14.3 Å². The summed E-state index contributed by atoms with van der Waals surface area (Å²) in [5, 5.41) is 0. The number of hydrogen-bond acceptors (Lipinski definition) is 3. The van der Waals surface area contributed by atoms with Crippen molar-refractivity contribution in [1.82, 2.24) is 9.55 Å². The summed E-state index contributed by atoms with van der Waals surface area (Å²) in [6.07, 6.45) is 11.9. The van der Waals surface area contributed by atoms with E-state index in [1.807, 2.05) is 6.08 Å². The lowest BCUT2D eigenvalue weighted by Crippen LogP contribution is -2.42. The van der Waals surface area contributed by atoms with Crippen LogP contribution in [-0.4, -0.2) is 9.55 Å². The van der Waals surface area contributed by atoms with E-state index in [4.69, 9.17) is 4.74 Å². The highest BCUT2D eigenvalue weighted by Crippen LogP contribution is 2.36. The number of aromatic nitrogens is 2. The summed E-state index contributed by atoms with van der Waals surface area (Å²) in [7, 11) is 0. The van der Waals surface area contributed by atoms with Crippen molar-refractivity contribution in [2.45, 2.75) is 63.8 Å². The molecule has 5 nitrogen and oxygen atoms in total. The molecule has 5 heteroatoms. The highest BCUT2D eigenvalue weighted by atomic mass is 16.5. The van der Waals surface area contributed by atoms with Gasteiger partial charge in [-0.05, 0) is 49.7 Å². The maximum atomic E-state index is 13.0. The third-order valence-corrected chi connectivity index (χ3v) is 5.72. The van der Waals surface area contributed by atoms with Gasteiger partial charge in [-0.25, -0.2) is 4.79 Å². The number of hydrogen-bond donors (Lipinski definition) is 1. The second kappa shape index (κ2) is 6.11. The Bertz CT molecular complexity index is 805. The average Bonchev–Trinajstić information content (AvgIpc) is 2.99. The van der Waals surface area contributed by atoms with Gasteiger partial charge < -0.3 is 4.74 Å². The van der Waals surface area contributed by atoms with E-state index < -0.39 is 0 Å². The summed E-state index contributed by atoms with van der Waals surface area (Å²) in [6.45, 7) is 3.86. The molecule has 0 bridgehead atoms. The Morgan fingerprint density at radius 2 is 1.92 bits per heavy atom. The van der Waals surface area contributed by atoms with E-state index in [0.29, 0.717) is 11.3 Å². The fourth-order valence-electron chi connectivity index (χ4n) is 4.15. The van der Waals surface area contributed by atoms with E-state index in [1.54, 1.807) is 0 Å². The van der Waals surface area contributed by atoms with Gasteiger partial charge in [-0.2, -0.15) is 0 Å². The average molecular weight is 328 g/mol. The van der Waals surface area contributed by atoms with E-state index in [9.17, 15) is 9.59 Å². The van der Waals surface area contributed by atoms with Crippen LogP contribution in [0.3, 0.4) is 0 Å². The molecule has 3 aliphatic rings. The van der Waals surface area contributed by atoms with Crippen LogP contribution < -0.4 is 16.0 Å². The maximum absolute atomic E-state index is 13.0. The lowest BCUT2D eigenvalue weighted by atomic mass is 9.91.